The van der Waals surface area contributed by atoms with Crippen LogP contribution in [0.15, 0.2) is 57.7 Å². The fourth-order valence-corrected chi connectivity index (χ4v) is 1.68. The van der Waals surface area contributed by atoms with Gasteiger partial charge in [0.05, 0.1) is 19.6 Å². The molecule has 2 aromatic heterocycles. The van der Waals surface area contributed by atoms with Crippen LogP contribution in [0.4, 0.5) is 0 Å². The maximum absolute atomic E-state index is 5.64. The Morgan fingerprint density at radius 1 is 1.06 bits per heavy atom. The first-order valence-electron chi connectivity index (χ1n) is 5.51. The predicted molar refractivity (Wildman–Crippen MR) is 66.2 cm³/mol. The highest BCUT2D eigenvalue weighted by Gasteiger charge is 2.10. The van der Waals surface area contributed by atoms with Crippen molar-refractivity contribution in [3.8, 4) is 28.7 Å². The van der Waals surface area contributed by atoms with Crippen LogP contribution in [0.5, 0.6) is 5.75 Å². The van der Waals surface area contributed by atoms with Crippen molar-refractivity contribution >= 4 is 0 Å². The van der Waals surface area contributed by atoms with E-state index in [9.17, 15) is 0 Å². The molecular formula is C14H11NO3. The predicted octanol–water partition coefficient (Wildman–Crippen LogP) is 3.61. The lowest BCUT2D eigenvalue weighted by molar-refractivity contribution is 0.415. The molecule has 1 aromatic carbocycles. The summed E-state index contributed by atoms with van der Waals surface area (Å²) >= 11 is 0. The van der Waals surface area contributed by atoms with Crippen molar-refractivity contribution < 1.29 is 13.6 Å². The van der Waals surface area contributed by atoms with E-state index in [2.05, 4.69) is 4.98 Å². The summed E-state index contributed by atoms with van der Waals surface area (Å²) in [4.78, 5) is 4.19. The van der Waals surface area contributed by atoms with E-state index in [4.69, 9.17) is 13.6 Å². The standard InChI is InChI=1S/C14H11NO3/c1-16-11-6-4-10(5-7-11)13-9-15-14(18-13)12-3-2-8-17-12/h2-9H,1H3. The van der Waals surface area contributed by atoms with Gasteiger partial charge in [0.25, 0.3) is 5.89 Å². The number of aromatic nitrogens is 1. The Morgan fingerprint density at radius 3 is 2.56 bits per heavy atom. The normalized spacial score (nSPS) is 10.5. The molecule has 0 aliphatic rings. The first-order valence-corrected chi connectivity index (χ1v) is 5.51. The maximum atomic E-state index is 5.64. The molecule has 3 aromatic rings. The number of rotatable bonds is 3. The van der Waals surface area contributed by atoms with Crippen LogP contribution in [-0.2, 0) is 0 Å². The van der Waals surface area contributed by atoms with Gasteiger partial charge in [-0.3, -0.25) is 0 Å². The van der Waals surface area contributed by atoms with Crippen LogP contribution < -0.4 is 4.74 Å². The zero-order valence-electron chi connectivity index (χ0n) is 9.79. The van der Waals surface area contributed by atoms with Gasteiger partial charge in [-0.15, -0.1) is 0 Å². The first-order chi connectivity index (χ1) is 8.86. The molecule has 0 saturated carbocycles. The summed E-state index contributed by atoms with van der Waals surface area (Å²) in [5.74, 6) is 2.61. The lowest BCUT2D eigenvalue weighted by Gasteiger charge is -1.99. The molecular weight excluding hydrogens is 230 g/mol. The van der Waals surface area contributed by atoms with Crippen molar-refractivity contribution in [2.24, 2.45) is 0 Å². The molecule has 0 bridgehead atoms. The SMILES string of the molecule is COc1ccc(-c2cnc(-c3ccco3)o2)cc1. The molecule has 0 radical (unpaired) electrons. The fourth-order valence-electron chi connectivity index (χ4n) is 1.68. The molecule has 4 heteroatoms. The van der Waals surface area contributed by atoms with Gasteiger partial charge < -0.3 is 13.6 Å². The highest BCUT2D eigenvalue weighted by molar-refractivity contribution is 5.59. The number of nitrogens with zero attached hydrogens (tertiary/aromatic N) is 1. The van der Waals surface area contributed by atoms with Crippen molar-refractivity contribution in [2.75, 3.05) is 7.11 Å². The van der Waals surface area contributed by atoms with Gasteiger partial charge in [-0.2, -0.15) is 0 Å². The summed E-state index contributed by atoms with van der Waals surface area (Å²) in [6, 6.07) is 11.2. The molecule has 0 atom stereocenters. The van der Waals surface area contributed by atoms with Gasteiger partial charge in [-0.25, -0.2) is 4.98 Å². The summed E-state index contributed by atoms with van der Waals surface area (Å²) in [6.07, 6.45) is 3.27. The van der Waals surface area contributed by atoms with Crippen LogP contribution in [-0.4, -0.2) is 12.1 Å². The van der Waals surface area contributed by atoms with Crippen LogP contribution >= 0.6 is 0 Å². The van der Waals surface area contributed by atoms with E-state index >= 15 is 0 Å². The number of benzene rings is 1. The van der Waals surface area contributed by atoms with Gasteiger partial charge in [0.15, 0.2) is 11.5 Å². The highest BCUT2D eigenvalue weighted by Crippen LogP contribution is 2.27. The quantitative estimate of drug-likeness (QED) is 0.702. The Hall–Kier alpha value is -2.49. The average molecular weight is 241 g/mol. The Labute approximate surface area is 104 Å². The molecule has 0 aliphatic heterocycles. The topological polar surface area (TPSA) is 48.4 Å². The van der Waals surface area contributed by atoms with E-state index in [0.717, 1.165) is 11.3 Å². The summed E-state index contributed by atoms with van der Waals surface area (Å²) < 4.78 is 16.0. The smallest absolute Gasteiger partial charge is 0.263 e. The van der Waals surface area contributed by atoms with Crippen molar-refractivity contribution in [2.45, 2.75) is 0 Å². The molecule has 4 nitrogen and oxygen atoms in total. The number of oxazole rings is 1. The van der Waals surface area contributed by atoms with Crippen LogP contribution in [0, 0.1) is 0 Å². The second-order valence-corrected chi connectivity index (χ2v) is 3.74. The van der Waals surface area contributed by atoms with E-state index in [1.165, 1.54) is 0 Å². The van der Waals surface area contributed by atoms with Gasteiger partial charge in [-0.05, 0) is 36.4 Å². The van der Waals surface area contributed by atoms with Gasteiger partial charge in [0.2, 0.25) is 0 Å². The molecule has 18 heavy (non-hydrogen) atoms. The molecule has 0 aliphatic carbocycles. The molecule has 0 saturated heterocycles. The van der Waals surface area contributed by atoms with Gasteiger partial charge >= 0.3 is 0 Å². The van der Waals surface area contributed by atoms with Crippen LogP contribution in [0.25, 0.3) is 23.0 Å². The van der Waals surface area contributed by atoms with E-state index in [-0.39, 0.29) is 0 Å². The third kappa shape index (κ3) is 1.88. The number of methoxy groups -OCH3 is 1. The fraction of sp³-hybridized carbons (Fsp3) is 0.0714. The van der Waals surface area contributed by atoms with E-state index in [1.54, 1.807) is 25.6 Å². The maximum Gasteiger partial charge on any atom is 0.263 e. The van der Waals surface area contributed by atoms with Crippen LogP contribution in [0.2, 0.25) is 0 Å². The summed E-state index contributed by atoms with van der Waals surface area (Å²) in [5.41, 5.74) is 0.945. The second kappa shape index (κ2) is 4.41. The minimum absolute atomic E-state index is 0.478. The van der Waals surface area contributed by atoms with Crippen molar-refractivity contribution in [1.29, 1.82) is 0 Å². The molecule has 3 rings (SSSR count). The minimum atomic E-state index is 0.478. The molecule has 0 fully saturated rings. The summed E-state index contributed by atoms with van der Waals surface area (Å²) in [6.45, 7) is 0. The Bertz CT molecular complexity index is 623. The first kappa shape index (κ1) is 10.7. The molecule has 0 N–H and O–H groups in total. The third-order valence-electron chi connectivity index (χ3n) is 2.61. The molecule has 0 unspecified atom stereocenters. The largest absolute Gasteiger partial charge is 0.497 e. The number of ether oxygens (including phenoxy) is 1. The summed E-state index contributed by atoms with van der Waals surface area (Å²) in [7, 11) is 1.64. The molecule has 0 spiro atoms. The van der Waals surface area contributed by atoms with Crippen LogP contribution in [0.1, 0.15) is 0 Å². The zero-order valence-corrected chi connectivity index (χ0v) is 9.79. The van der Waals surface area contributed by atoms with Crippen LogP contribution in [0.3, 0.4) is 0 Å². The van der Waals surface area contributed by atoms with Crippen molar-refractivity contribution in [3.63, 3.8) is 0 Å². The van der Waals surface area contributed by atoms with E-state index in [0.29, 0.717) is 17.4 Å². The molecule has 2 heterocycles. The number of furan rings is 1. The Kier molecular flexibility index (Phi) is 2.61. The van der Waals surface area contributed by atoms with Crippen molar-refractivity contribution in [3.05, 3.63) is 48.9 Å². The zero-order chi connectivity index (χ0) is 12.4. The highest BCUT2D eigenvalue weighted by atomic mass is 16.5. The number of hydrogen-bond donors (Lipinski definition) is 0. The van der Waals surface area contributed by atoms with E-state index in [1.807, 2.05) is 30.3 Å². The van der Waals surface area contributed by atoms with Gasteiger partial charge in [0, 0.05) is 5.56 Å². The monoisotopic (exact) mass is 241 g/mol. The Morgan fingerprint density at radius 2 is 1.89 bits per heavy atom. The van der Waals surface area contributed by atoms with Gasteiger partial charge in [-0.1, -0.05) is 0 Å². The third-order valence-corrected chi connectivity index (χ3v) is 2.61. The van der Waals surface area contributed by atoms with E-state index < -0.39 is 0 Å². The van der Waals surface area contributed by atoms with Gasteiger partial charge in [0.1, 0.15) is 5.75 Å². The Balaban J connectivity index is 1.92. The summed E-state index contributed by atoms with van der Waals surface area (Å²) in [5, 5.41) is 0. The second-order valence-electron chi connectivity index (χ2n) is 3.74. The average Bonchev–Trinajstić information content (AvgIpc) is 3.09. The molecule has 90 valence electrons. The minimum Gasteiger partial charge on any atom is -0.497 e. The lowest BCUT2D eigenvalue weighted by atomic mass is 10.2. The number of hydrogen-bond acceptors (Lipinski definition) is 4. The lowest BCUT2D eigenvalue weighted by Crippen LogP contribution is -1.81. The van der Waals surface area contributed by atoms with Crippen molar-refractivity contribution in [1.82, 2.24) is 4.98 Å². The molecule has 0 amide bonds.